The third-order valence-electron chi connectivity index (χ3n) is 2.89. The molecule has 0 bridgehead atoms. The van der Waals surface area contributed by atoms with Crippen LogP contribution in [0.4, 0.5) is 5.69 Å². The summed E-state index contributed by atoms with van der Waals surface area (Å²) in [4.78, 5) is 12.5. The normalized spacial score (nSPS) is 13.5. The van der Waals surface area contributed by atoms with Gasteiger partial charge in [0.15, 0.2) is 0 Å². The molecule has 0 saturated heterocycles. The molecule has 0 fully saturated rings. The topological polar surface area (TPSA) is 66.5 Å². The number of sulfonamides is 1. The van der Waals surface area contributed by atoms with E-state index in [0.29, 0.717) is 17.1 Å². The van der Waals surface area contributed by atoms with Crippen molar-refractivity contribution in [3.05, 3.63) is 29.3 Å². The highest BCUT2D eigenvalue weighted by molar-refractivity contribution is 7.92. The first-order chi connectivity index (χ1) is 9.95. The first kappa shape index (κ1) is 18.8. The molecule has 1 N–H and O–H groups in total. The molecular weight excluding hydrogens is 324 g/mol. The minimum absolute atomic E-state index is 0.333. The Balaban J connectivity index is 3.29. The Bertz CT molecular complexity index is 638. The summed E-state index contributed by atoms with van der Waals surface area (Å²) in [5, 5.41) is 3.24. The van der Waals surface area contributed by atoms with Gasteiger partial charge in [-0.15, -0.1) is 0 Å². The van der Waals surface area contributed by atoms with E-state index in [1.807, 2.05) is 20.8 Å². The molecular formula is C15H23ClN2O3S. The Kier molecular flexibility index (Phi) is 5.87. The largest absolute Gasteiger partial charge is 0.350 e. The first-order valence-electron chi connectivity index (χ1n) is 7.02. The second-order valence-corrected chi connectivity index (χ2v) is 8.50. The maximum atomic E-state index is 12.5. The zero-order valence-electron chi connectivity index (χ0n) is 13.6. The first-order valence-corrected chi connectivity index (χ1v) is 9.25. The lowest BCUT2D eigenvalue weighted by atomic mass is 10.1. The van der Waals surface area contributed by atoms with E-state index in [4.69, 9.17) is 11.6 Å². The number of halogens is 1. The average Bonchev–Trinajstić information content (AvgIpc) is 2.31. The van der Waals surface area contributed by atoms with E-state index in [0.717, 1.165) is 10.6 Å². The van der Waals surface area contributed by atoms with Gasteiger partial charge in [-0.1, -0.05) is 24.6 Å². The molecule has 1 atom stereocenters. The van der Waals surface area contributed by atoms with E-state index in [1.54, 1.807) is 25.1 Å². The number of nitrogens with zero attached hydrogens (tertiary/aromatic N) is 1. The monoisotopic (exact) mass is 346 g/mol. The van der Waals surface area contributed by atoms with Gasteiger partial charge in [-0.05, 0) is 45.4 Å². The van der Waals surface area contributed by atoms with Gasteiger partial charge >= 0.3 is 0 Å². The molecule has 1 amide bonds. The summed E-state index contributed by atoms with van der Waals surface area (Å²) < 4.78 is 25.6. The van der Waals surface area contributed by atoms with Crippen molar-refractivity contribution in [2.24, 2.45) is 0 Å². The van der Waals surface area contributed by atoms with Crippen molar-refractivity contribution in [2.75, 3.05) is 10.6 Å². The number of anilines is 1. The van der Waals surface area contributed by atoms with Gasteiger partial charge < -0.3 is 5.32 Å². The smallest absolute Gasteiger partial charge is 0.244 e. The number of benzene rings is 1. The van der Waals surface area contributed by atoms with Crippen LogP contribution in [0.3, 0.4) is 0 Å². The lowest BCUT2D eigenvalue weighted by Gasteiger charge is -2.32. The summed E-state index contributed by atoms with van der Waals surface area (Å²) in [6.07, 6.45) is 1.43. The summed E-state index contributed by atoms with van der Waals surface area (Å²) in [5.74, 6) is -0.333. The van der Waals surface area contributed by atoms with Crippen LogP contribution in [0.25, 0.3) is 0 Å². The predicted molar refractivity (Wildman–Crippen MR) is 90.7 cm³/mol. The van der Waals surface area contributed by atoms with Crippen LogP contribution in [0, 0.1) is 0 Å². The predicted octanol–water partition coefficient (Wildman–Crippen LogP) is 2.80. The van der Waals surface area contributed by atoms with Crippen LogP contribution in [0.15, 0.2) is 24.3 Å². The van der Waals surface area contributed by atoms with Crippen molar-refractivity contribution in [3.63, 3.8) is 0 Å². The van der Waals surface area contributed by atoms with Gasteiger partial charge in [-0.2, -0.15) is 0 Å². The minimum atomic E-state index is -3.63. The van der Waals surface area contributed by atoms with Crippen LogP contribution in [-0.4, -0.2) is 32.2 Å². The van der Waals surface area contributed by atoms with E-state index < -0.39 is 21.6 Å². The van der Waals surface area contributed by atoms with Crippen molar-refractivity contribution >= 4 is 33.2 Å². The fourth-order valence-corrected chi connectivity index (χ4v) is 3.51. The number of carbonyl (C=O) groups is 1. The van der Waals surface area contributed by atoms with Gasteiger partial charge in [-0.3, -0.25) is 9.10 Å². The van der Waals surface area contributed by atoms with Crippen LogP contribution < -0.4 is 9.62 Å². The van der Waals surface area contributed by atoms with Crippen LogP contribution in [0.1, 0.15) is 34.1 Å². The van der Waals surface area contributed by atoms with E-state index >= 15 is 0 Å². The highest BCUT2D eigenvalue weighted by atomic mass is 35.5. The van der Waals surface area contributed by atoms with Crippen molar-refractivity contribution in [1.82, 2.24) is 5.32 Å². The number of carbonyl (C=O) groups excluding carboxylic acids is 1. The maximum absolute atomic E-state index is 12.5. The van der Waals surface area contributed by atoms with Gasteiger partial charge in [0.05, 0.1) is 11.9 Å². The molecule has 0 saturated carbocycles. The number of amides is 1. The summed E-state index contributed by atoms with van der Waals surface area (Å²) in [7, 11) is -3.63. The standard InChI is InChI=1S/C15H23ClN2O3S/c1-6-13(14(19)17-15(2,3)4)18(22(5,20)21)12-9-7-8-11(16)10-12/h7-10,13H,6H2,1-5H3,(H,17,19)/t13-/m0/s1. The van der Waals surface area contributed by atoms with Gasteiger partial charge in [0.25, 0.3) is 0 Å². The zero-order chi connectivity index (χ0) is 17.1. The molecule has 1 aromatic carbocycles. The SMILES string of the molecule is CC[C@@H](C(=O)NC(C)(C)C)N(c1cccc(Cl)c1)S(C)(=O)=O. The Morgan fingerprint density at radius 2 is 1.95 bits per heavy atom. The summed E-state index contributed by atoms with van der Waals surface area (Å²) in [5.41, 5.74) is -0.0620. The quantitative estimate of drug-likeness (QED) is 0.891. The van der Waals surface area contributed by atoms with Gasteiger partial charge in [0.2, 0.25) is 15.9 Å². The van der Waals surface area contributed by atoms with Gasteiger partial charge in [0.1, 0.15) is 6.04 Å². The Morgan fingerprint density at radius 1 is 1.36 bits per heavy atom. The Labute approximate surface area is 137 Å². The third kappa shape index (κ3) is 5.18. The molecule has 0 heterocycles. The lowest BCUT2D eigenvalue weighted by molar-refractivity contribution is -0.123. The number of hydrogen-bond donors (Lipinski definition) is 1. The molecule has 0 unspecified atom stereocenters. The highest BCUT2D eigenvalue weighted by Gasteiger charge is 2.33. The molecule has 22 heavy (non-hydrogen) atoms. The average molecular weight is 347 g/mol. The van der Waals surface area contributed by atoms with Crippen molar-refractivity contribution in [1.29, 1.82) is 0 Å². The fraction of sp³-hybridized carbons (Fsp3) is 0.533. The van der Waals surface area contributed by atoms with Crippen LogP contribution in [-0.2, 0) is 14.8 Å². The molecule has 124 valence electrons. The molecule has 0 radical (unpaired) electrons. The fourth-order valence-electron chi connectivity index (χ4n) is 2.13. The van der Waals surface area contributed by atoms with E-state index in [9.17, 15) is 13.2 Å². The Morgan fingerprint density at radius 3 is 2.36 bits per heavy atom. The summed E-state index contributed by atoms with van der Waals surface area (Å²) in [6, 6.07) is 5.65. The van der Waals surface area contributed by atoms with E-state index in [2.05, 4.69) is 5.32 Å². The number of hydrogen-bond acceptors (Lipinski definition) is 3. The van der Waals surface area contributed by atoms with Crippen molar-refractivity contribution < 1.29 is 13.2 Å². The van der Waals surface area contributed by atoms with Gasteiger partial charge in [-0.25, -0.2) is 8.42 Å². The molecule has 0 spiro atoms. The van der Waals surface area contributed by atoms with Crippen LogP contribution in [0.2, 0.25) is 5.02 Å². The van der Waals surface area contributed by atoms with E-state index in [1.165, 1.54) is 6.07 Å². The zero-order valence-corrected chi connectivity index (χ0v) is 15.1. The lowest BCUT2D eigenvalue weighted by Crippen LogP contribution is -2.53. The van der Waals surface area contributed by atoms with Gasteiger partial charge in [0, 0.05) is 10.6 Å². The van der Waals surface area contributed by atoms with Crippen molar-refractivity contribution in [2.45, 2.75) is 45.7 Å². The molecule has 0 aromatic heterocycles. The summed E-state index contributed by atoms with van der Waals surface area (Å²) in [6.45, 7) is 7.32. The second kappa shape index (κ2) is 6.87. The molecule has 0 aliphatic rings. The second-order valence-electron chi connectivity index (χ2n) is 6.20. The molecule has 0 aliphatic heterocycles. The molecule has 7 heteroatoms. The molecule has 1 aromatic rings. The Hall–Kier alpha value is -1.27. The maximum Gasteiger partial charge on any atom is 0.244 e. The molecule has 1 rings (SSSR count). The number of rotatable bonds is 5. The van der Waals surface area contributed by atoms with Crippen LogP contribution >= 0.6 is 11.6 Å². The van der Waals surface area contributed by atoms with E-state index in [-0.39, 0.29) is 5.91 Å². The van der Waals surface area contributed by atoms with Crippen LogP contribution in [0.5, 0.6) is 0 Å². The third-order valence-corrected chi connectivity index (χ3v) is 4.31. The highest BCUT2D eigenvalue weighted by Crippen LogP contribution is 2.25. The van der Waals surface area contributed by atoms with Crippen molar-refractivity contribution in [3.8, 4) is 0 Å². The molecule has 0 aliphatic carbocycles. The molecule has 5 nitrogen and oxygen atoms in total. The minimum Gasteiger partial charge on any atom is -0.350 e. The number of nitrogens with one attached hydrogen (secondary N) is 1. The summed E-state index contributed by atoms with van der Waals surface area (Å²) >= 11 is 5.95.